The second-order valence-electron chi connectivity index (χ2n) is 5.52. The summed E-state index contributed by atoms with van der Waals surface area (Å²) >= 11 is 0. The Morgan fingerprint density at radius 2 is 2.19 bits per heavy atom. The summed E-state index contributed by atoms with van der Waals surface area (Å²) in [6.07, 6.45) is 1.42. The van der Waals surface area contributed by atoms with E-state index in [1.807, 2.05) is 6.92 Å². The molecule has 118 valence electrons. The number of hydrogen-bond donors (Lipinski definition) is 1. The maximum absolute atomic E-state index is 13.9. The summed E-state index contributed by atoms with van der Waals surface area (Å²) in [5.41, 5.74) is -0.197. The first-order valence-corrected chi connectivity index (χ1v) is 8.21. The first kappa shape index (κ1) is 16.4. The molecule has 0 bridgehead atoms. The number of nitrogens with zero attached hydrogens (tertiary/aromatic N) is 1. The summed E-state index contributed by atoms with van der Waals surface area (Å²) in [6, 6.07) is 3.62. The van der Waals surface area contributed by atoms with Gasteiger partial charge in [-0.05, 0) is 37.5 Å². The number of rotatable bonds is 4. The number of halogens is 1. The molecule has 1 heterocycles. The van der Waals surface area contributed by atoms with Crippen LogP contribution >= 0.6 is 0 Å². The minimum Gasteiger partial charge on any atom is -0.392 e. The van der Waals surface area contributed by atoms with Gasteiger partial charge in [0.2, 0.25) is 10.0 Å². The van der Waals surface area contributed by atoms with Gasteiger partial charge in [-0.1, -0.05) is 6.07 Å². The molecule has 1 atom stereocenters. The zero-order valence-electron chi connectivity index (χ0n) is 12.2. The molecule has 1 unspecified atom stereocenters. The summed E-state index contributed by atoms with van der Waals surface area (Å²) in [7, 11) is -2.39. The van der Waals surface area contributed by atoms with E-state index in [-0.39, 0.29) is 13.2 Å². The van der Waals surface area contributed by atoms with Gasteiger partial charge in [0.25, 0.3) is 0 Å². The molecule has 0 radical (unpaired) electrons. The Morgan fingerprint density at radius 1 is 1.48 bits per heavy atom. The Morgan fingerprint density at radius 3 is 2.81 bits per heavy atom. The Labute approximate surface area is 124 Å². The quantitative estimate of drug-likeness (QED) is 0.914. The standard InChI is InChI=1S/C14H20FNO4S/c1-14(20-2)6-3-7-16(10-14)21(18,19)13-8-11(9-17)4-5-12(13)15/h4-5,8,17H,3,6-7,9-10H2,1-2H3. The van der Waals surface area contributed by atoms with Gasteiger partial charge in [0.05, 0.1) is 12.2 Å². The number of piperidine rings is 1. The first-order chi connectivity index (χ1) is 9.82. The molecule has 0 amide bonds. The van der Waals surface area contributed by atoms with Gasteiger partial charge in [0.15, 0.2) is 0 Å². The maximum Gasteiger partial charge on any atom is 0.246 e. The highest BCUT2D eigenvalue weighted by atomic mass is 32.2. The third kappa shape index (κ3) is 3.26. The van der Waals surface area contributed by atoms with Gasteiger partial charge in [-0.2, -0.15) is 4.31 Å². The van der Waals surface area contributed by atoms with Gasteiger partial charge >= 0.3 is 0 Å². The van der Waals surface area contributed by atoms with Crippen molar-refractivity contribution in [3.63, 3.8) is 0 Å². The van der Waals surface area contributed by atoms with Crippen LogP contribution in [-0.4, -0.2) is 43.6 Å². The van der Waals surface area contributed by atoms with Crippen LogP contribution in [0.2, 0.25) is 0 Å². The summed E-state index contributed by atoms with van der Waals surface area (Å²) < 4.78 is 45.8. The minimum atomic E-state index is -3.94. The summed E-state index contributed by atoms with van der Waals surface area (Å²) in [5, 5.41) is 9.10. The average molecular weight is 317 g/mol. The van der Waals surface area contributed by atoms with Crippen LogP contribution in [0.1, 0.15) is 25.3 Å². The molecule has 5 nitrogen and oxygen atoms in total. The molecule has 1 fully saturated rings. The molecule has 1 aliphatic rings. The van der Waals surface area contributed by atoms with Crippen LogP contribution in [-0.2, 0) is 21.4 Å². The van der Waals surface area contributed by atoms with Crippen molar-refractivity contribution >= 4 is 10.0 Å². The van der Waals surface area contributed by atoms with E-state index in [4.69, 9.17) is 9.84 Å². The lowest BCUT2D eigenvalue weighted by atomic mass is 9.96. The Bertz CT molecular complexity index is 619. The molecule has 1 aliphatic heterocycles. The van der Waals surface area contributed by atoms with Gasteiger partial charge in [-0.25, -0.2) is 12.8 Å². The van der Waals surface area contributed by atoms with Gasteiger partial charge in [-0.3, -0.25) is 0 Å². The maximum atomic E-state index is 13.9. The molecule has 1 saturated heterocycles. The van der Waals surface area contributed by atoms with Crippen LogP contribution in [0.5, 0.6) is 0 Å². The zero-order valence-corrected chi connectivity index (χ0v) is 13.0. The van der Waals surface area contributed by atoms with Gasteiger partial charge < -0.3 is 9.84 Å². The van der Waals surface area contributed by atoms with E-state index in [1.54, 1.807) is 7.11 Å². The number of aliphatic hydroxyl groups excluding tert-OH is 1. The smallest absolute Gasteiger partial charge is 0.246 e. The van der Waals surface area contributed by atoms with E-state index in [2.05, 4.69) is 0 Å². The SMILES string of the molecule is COC1(C)CCCN(S(=O)(=O)c2cc(CO)ccc2F)C1. The highest BCUT2D eigenvalue weighted by Crippen LogP contribution is 2.29. The lowest BCUT2D eigenvalue weighted by Crippen LogP contribution is -2.49. The Kier molecular flexibility index (Phi) is 4.67. The van der Waals surface area contributed by atoms with Crippen molar-refractivity contribution in [2.24, 2.45) is 0 Å². The number of benzene rings is 1. The minimum absolute atomic E-state index is 0.189. The molecule has 1 aromatic carbocycles. The van der Waals surface area contributed by atoms with Crippen LogP contribution in [0.3, 0.4) is 0 Å². The predicted molar refractivity (Wildman–Crippen MR) is 75.7 cm³/mol. The van der Waals surface area contributed by atoms with Gasteiger partial charge in [0.1, 0.15) is 10.7 Å². The van der Waals surface area contributed by atoms with E-state index < -0.39 is 26.3 Å². The summed E-state index contributed by atoms with van der Waals surface area (Å²) in [4.78, 5) is -0.394. The van der Waals surface area contributed by atoms with Crippen LogP contribution in [0, 0.1) is 5.82 Å². The lowest BCUT2D eigenvalue weighted by Gasteiger charge is -2.38. The molecule has 21 heavy (non-hydrogen) atoms. The second-order valence-corrected chi connectivity index (χ2v) is 7.43. The molecule has 0 aromatic heterocycles. The van der Waals surface area contributed by atoms with E-state index in [0.29, 0.717) is 18.5 Å². The second kappa shape index (κ2) is 6.00. The fourth-order valence-electron chi connectivity index (χ4n) is 2.52. The third-order valence-electron chi connectivity index (χ3n) is 3.91. The van der Waals surface area contributed by atoms with Crippen LogP contribution in [0.15, 0.2) is 23.1 Å². The van der Waals surface area contributed by atoms with Crippen molar-refractivity contribution in [1.82, 2.24) is 4.31 Å². The molecule has 7 heteroatoms. The largest absolute Gasteiger partial charge is 0.392 e. The first-order valence-electron chi connectivity index (χ1n) is 6.77. The third-order valence-corrected chi connectivity index (χ3v) is 5.77. The predicted octanol–water partition coefficient (Wildman–Crippen LogP) is 1.51. The van der Waals surface area contributed by atoms with E-state index in [9.17, 15) is 12.8 Å². The highest BCUT2D eigenvalue weighted by Gasteiger charge is 2.38. The van der Waals surface area contributed by atoms with Crippen LogP contribution in [0.25, 0.3) is 0 Å². The van der Waals surface area contributed by atoms with E-state index in [0.717, 1.165) is 12.5 Å². The molecule has 0 spiro atoms. The van der Waals surface area contributed by atoms with Crippen molar-refractivity contribution in [2.75, 3.05) is 20.2 Å². The average Bonchev–Trinajstić information content (AvgIpc) is 2.47. The van der Waals surface area contributed by atoms with Crippen molar-refractivity contribution < 1.29 is 22.7 Å². The highest BCUT2D eigenvalue weighted by molar-refractivity contribution is 7.89. The van der Waals surface area contributed by atoms with Crippen LogP contribution in [0.4, 0.5) is 4.39 Å². The number of sulfonamides is 1. The van der Waals surface area contributed by atoms with Crippen molar-refractivity contribution in [1.29, 1.82) is 0 Å². The number of hydrogen-bond acceptors (Lipinski definition) is 4. The number of ether oxygens (including phenoxy) is 1. The molecule has 2 rings (SSSR count). The van der Waals surface area contributed by atoms with Gasteiger partial charge in [-0.15, -0.1) is 0 Å². The topological polar surface area (TPSA) is 66.8 Å². The molecule has 0 saturated carbocycles. The molecule has 0 aliphatic carbocycles. The number of methoxy groups -OCH3 is 1. The lowest BCUT2D eigenvalue weighted by molar-refractivity contribution is -0.0319. The fourth-order valence-corrected chi connectivity index (χ4v) is 4.22. The van der Waals surface area contributed by atoms with Crippen LogP contribution < -0.4 is 0 Å². The Hall–Kier alpha value is -1.02. The van der Waals surface area contributed by atoms with Crippen molar-refractivity contribution in [2.45, 2.75) is 36.9 Å². The normalized spacial score (nSPS) is 24.2. The Balaban J connectivity index is 2.38. The molecule has 1 aromatic rings. The van der Waals surface area contributed by atoms with Crippen molar-refractivity contribution in [3.8, 4) is 0 Å². The molecular weight excluding hydrogens is 297 g/mol. The van der Waals surface area contributed by atoms with E-state index in [1.165, 1.54) is 16.4 Å². The van der Waals surface area contributed by atoms with Gasteiger partial charge in [0, 0.05) is 20.2 Å². The van der Waals surface area contributed by atoms with E-state index >= 15 is 0 Å². The zero-order chi connectivity index (χ0) is 15.7. The molecule has 1 N–H and O–H groups in total. The number of aliphatic hydroxyl groups is 1. The van der Waals surface area contributed by atoms with Crippen molar-refractivity contribution in [3.05, 3.63) is 29.6 Å². The summed E-state index contributed by atoms with van der Waals surface area (Å²) in [6.45, 7) is 2.03. The summed E-state index contributed by atoms with van der Waals surface area (Å²) in [5.74, 6) is -0.808. The monoisotopic (exact) mass is 317 g/mol. The fraction of sp³-hybridized carbons (Fsp3) is 0.571. The molecular formula is C14H20FNO4S.